The number of benzene rings is 2. The van der Waals surface area contributed by atoms with Crippen LogP contribution in [0, 0.1) is 0 Å². The fourth-order valence-electron chi connectivity index (χ4n) is 3.23. The van der Waals surface area contributed by atoms with Gasteiger partial charge in [0.05, 0.1) is 53.9 Å². The topological polar surface area (TPSA) is 126 Å². The zero-order chi connectivity index (χ0) is 22.1. The van der Waals surface area contributed by atoms with Crippen molar-refractivity contribution in [2.75, 3.05) is 31.9 Å². The first kappa shape index (κ1) is 22.5. The number of carboxylic acid groups (broad SMARTS) is 1. The third kappa shape index (κ3) is 6.65. The van der Waals surface area contributed by atoms with Gasteiger partial charge in [0.25, 0.3) is 11.7 Å². The van der Waals surface area contributed by atoms with Crippen LogP contribution in [0.2, 0.25) is 0 Å². The molecule has 0 spiro atoms. The molecule has 0 fully saturated rings. The molecule has 0 saturated heterocycles. The maximum Gasteiger partial charge on any atom is 0.274 e. The van der Waals surface area contributed by atoms with E-state index in [1.165, 1.54) is 48.2 Å². The third-order valence-corrected chi connectivity index (χ3v) is 6.39. The van der Waals surface area contributed by atoms with Gasteiger partial charge in [0.1, 0.15) is 0 Å². The van der Waals surface area contributed by atoms with Crippen LogP contribution >= 0.6 is 0 Å². The van der Waals surface area contributed by atoms with E-state index < -0.39 is 21.6 Å². The minimum absolute atomic E-state index is 0.000741. The van der Waals surface area contributed by atoms with Crippen LogP contribution in [0.15, 0.2) is 59.5 Å². The first-order valence-electron chi connectivity index (χ1n) is 10.2. The van der Waals surface area contributed by atoms with Gasteiger partial charge in [-0.15, -0.1) is 0 Å². The lowest BCUT2D eigenvalue weighted by atomic mass is 10.1. The molecule has 0 aromatic heterocycles. The number of nitrogens with one attached hydrogen (secondary N) is 4. The standard InChI is InChI=1S/C14H18N4.C8H8O4S/c1-7-15-13(16-8-1)11-3-5-12(6-4-11)14-17-9-2-10-18-14;9-8(10)6-13(11,12)7-4-2-1-3-5-7/h3-6H,1-2,7-10H2,(H,15,16)(H,17,18);1-5H,6H2,(H,9,10)/p+1. The largest absolute Gasteiger partial charge is 0.549 e. The molecule has 2 aromatic carbocycles. The third-order valence-electron chi connectivity index (χ3n) is 4.79. The predicted molar refractivity (Wildman–Crippen MR) is 115 cm³/mol. The summed E-state index contributed by atoms with van der Waals surface area (Å²) in [5.74, 6) is -0.259. The second kappa shape index (κ2) is 10.7. The van der Waals surface area contributed by atoms with Crippen molar-refractivity contribution < 1.29 is 28.3 Å². The molecule has 2 aliphatic heterocycles. The van der Waals surface area contributed by atoms with Gasteiger partial charge in [0, 0.05) is 12.8 Å². The Balaban J connectivity index is 0.000000187. The highest BCUT2D eigenvalue weighted by Gasteiger charge is 2.16. The molecule has 4 N–H and O–H groups in total. The number of aliphatic carboxylic acids is 1. The lowest BCUT2D eigenvalue weighted by Gasteiger charge is -2.10. The number of carbonyl (C=O) groups is 1. The molecular formula is C22H27N4O4S+. The van der Waals surface area contributed by atoms with Gasteiger partial charge in [-0.05, 0) is 36.4 Å². The predicted octanol–water partition coefficient (Wildman–Crippen LogP) is -3.46. The summed E-state index contributed by atoms with van der Waals surface area (Å²) in [5.41, 5.74) is 2.46. The maximum atomic E-state index is 11.2. The van der Waals surface area contributed by atoms with Crippen molar-refractivity contribution >= 4 is 27.5 Å². The minimum atomic E-state index is -3.72. The molecular weight excluding hydrogens is 416 g/mol. The Morgan fingerprint density at radius 1 is 0.839 bits per heavy atom. The van der Waals surface area contributed by atoms with Crippen molar-refractivity contribution in [2.45, 2.75) is 17.7 Å². The molecule has 164 valence electrons. The highest BCUT2D eigenvalue weighted by Crippen LogP contribution is 2.09. The highest BCUT2D eigenvalue weighted by molar-refractivity contribution is 7.92. The Morgan fingerprint density at radius 3 is 1.71 bits per heavy atom. The molecule has 4 rings (SSSR count). The molecule has 0 bridgehead atoms. The lowest BCUT2D eigenvalue weighted by molar-refractivity contribution is -0.464. The molecule has 0 radical (unpaired) electrons. The van der Waals surface area contributed by atoms with E-state index in [2.05, 4.69) is 44.9 Å². The van der Waals surface area contributed by atoms with Gasteiger partial charge in [-0.2, -0.15) is 0 Å². The molecule has 2 aromatic rings. The summed E-state index contributed by atoms with van der Waals surface area (Å²) in [7, 11) is -3.72. The van der Waals surface area contributed by atoms with Crippen molar-refractivity contribution in [1.29, 1.82) is 0 Å². The number of carbonyl (C=O) groups excluding carboxylic acids is 1. The summed E-state index contributed by atoms with van der Waals surface area (Å²) in [6, 6.07) is 16.1. The van der Waals surface area contributed by atoms with E-state index in [-0.39, 0.29) is 4.90 Å². The van der Waals surface area contributed by atoms with Gasteiger partial charge >= 0.3 is 0 Å². The summed E-state index contributed by atoms with van der Waals surface area (Å²) in [6.07, 6.45) is 2.38. The van der Waals surface area contributed by atoms with Crippen LogP contribution in [-0.4, -0.2) is 58.0 Å². The zero-order valence-corrected chi connectivity index (χ0v) is 18.0. The Bertz CT molecular complexity index is 1000. The first-order chi connectivity index (χ1) is 15.0. The average molecular weight is 444 g/mol. The number of rotatable bonds is 5. The van der Waals surface area contributed by atoms with Gasteiger partial charge < -0.3 is 9.90 Å². The monoisotopic (exact) mass is 443 g/mol. The van der Waals surface area contributed by atoms with E-state index in [0.717, 1.165) is 37.9 Å². The minimum Gasteiger partial charge on any atom is -0.549 e. The molecule has 0 unspecified atom stereocenters. The molecule has 2 heterocycles. The molecule has 0 atom stereocenters. The Labute approximate surface area is 182 Å². The number of carboxylic acids is 1. The second-order valence-electron chi connectivity index (χ2n) is 7.19. The highest BCUT2D eigenvalue weighted by atomic mass is 32.2. The summed E-state index contributed by atoms with van der Waals surface area (Å²) < 4.78 is 22.4. The zero-order valence-electron chi connectivity index (χ0n) is 17.2. The number of hydrogen-bond donors (Lipinski definition) is 4. The van der Waals surface area contributed by atoms with Crippen LogP contribution in [0.1, 0.15) is 24.0 Å². The van der Waals surface area contributed by atoms with Crippen LogP contribution in [0.3, 0.4) is 0 Å². The lowest BCUT2D eigenvalue weighted by Crippen LogP contribution is -2.79. The van der Waals surface area contributed by atoms with Gasteiger partial charge in [-0.25, -0.2) is 8.42 Å². The van der Waals surface area contributed by atoms with E-state index in [1.807, 2.05) is 0 Å². The number of sulfone groups is 1. The van der Waals surface area contributed by atoms with Gasteiger partial charge in [0.15, 0.2) is 9.84 Å². The van der Waals surface area contributed by atoms with Crippen molar-refractivity contribution in [2.24, 2.45) is 0 Å². The van der Waals surface area contributed by atoms with Crippen molar-refractivity contribution in [3.05, 3.63) is 65.7 Å². The molecule has 0 amide bonds. The summed E-state index contributed by atoms with van der Waals surface area (Å²) in [4.78, 5) is 16.9. The normalized spacial score (nSPS) is 15.9. The van der Waals surface area contributed by atoms with E-state index >= 15 is 0 Å². The van der Waals surface area contributed by atoms with E-state index in [1.54, 1.807) is 6.07 Å². The van der Waals surface area contributed by atoms with Crippen LogP contribution in [0.5, 0.6) is 0 Å². The van der Waals surface area contributed by atoms with E-state index in [9.17, 15) is 18.3 Å². The van der Waals surface area contributed by atoms with Crippen molar-refractivity contribution in [3.63, 3.8) is 0 Å². The van der Waals surface area contributed by atoms with Gasteiger partial charge in [-0.3, -0.25) is 20.6 Å². The van der Waals surface area contributed by atoms with Crippen molar-refractivity contribution in [3.8, 4) is 0 Å². The molecule has 2 aliphatic rings. The van der Waals surface area contributed by atoms with E-state index in [0.29, 0.717) is 0 Å². The summed E-state index contributed by atoms with van der Waals surface area (Å²) in [5, 5.41) is 16.9. The SMILES string of the molecule is O=C([O-])CS(=O)(=O)c1ccccc1.c1cc(C2=[NH+]CCCN2)ccc1C1=[NH+]CCCN1. The van der Waals surface area contributed by atoms with Crippen LogP contribution < -0.4 is 25.7 Å². The quantitative estimate of drug-likeness (QED) is 0.381. The van der Waals surface area contributed by atoms with Gasteiger partial charge in [-0.1, -0.05) is 18.2 Å². The number of hydrogen-bond acceptors (Lipinski definition) is 6. The van der Waals surface area contributed by atoms with Crippen LogP contribution in [0.4, 0.5) is 0 Å². The fourth-order valence-corrected chi connectivity index (χ4v) is 4.28. The molecule has 31 heavy (non-hydrogen) atoms. The van der Waals surface area contributed by atoms with Gasteiger partial charge in [0.2, 0.25) is 0 Å². The Kier molecular flexibility index (Phi) is 7.77. The summed E-state index contributed by atoms with van der Waals surface area (Å²) in [6.45, 7) is 4.24. The van der Waals surface area contributed by atoms with Crippen LogP contribution in [0.25, 0.3) is 0 Å². The Morgan fingerprint density at radius 2 is 1.32 bits per heavy atom. The molecule has 0 aliphatic carbocycles. The smallest absolute Gasteiger partial charge is 0.274 e. The average Bonchev–Trinajstić information content (AvgIpc) is 2.81. The first-order valence-corrected chi connectivity index (χ1v) is 11.9. The Hall–Kier alpha value is -3.20. The van der Waals surface area contributed by atoms with Crippen LogP contribution in [-0.2, 0) is 14.6 Å². The molecule has 0 saturated carbocycles. The van der Waals surface area contributed by atoms with E-state index in [4.69, 9.17) is 0 Å². The molecule has 9 heteroatoms. The number of amidine groups is 2. The maximum absolute atomic E-state index is 11.2. The summed E-state index contributed by atoms with van der Waals surface area (Å²) >= 11 is 0. The molecule has 8 nitrogen and oxygen atoms in total. The van der Waals surface area contributed by atoms with Crippen molar-refractivity contribution in [1.82, 2.24) is 10.6 Å². The fraction of sp³-hybridized carbons (Fsp3) is 0.318. The second-order valence-corrected chi connectivity index (χ2v) is 9.18.